The highest BCUT2D eigenvalue weighted by molar-refractivity contribution is 5.83. The van der Waals surface area contributed by atoms with E-state index in [9.17, 15) is 9.59 Å². The van der Waals surface area contributed by atoms with Crippen LogP contribution in [0.25, 0.3) is 0 Å². The first-order valence-corrected chi connectivity index (χ1v) is 8.49. The van der Waals surface area contributed by atoms with Gasteiger partial charge in [-0.15, -0.1) is 0 Å². The second-order valence-corrected chi connectivity index (χ2v) is 6.64. The number of nitrogens with zero attached hydrogens (tertiary/aromatic N) is 2. The minimum atomic E-state index is -0.519. The SMILES string of the molecule is Cc1cc(C(C)C(=O)OCC(=O)N(C)C)c2c(n1)Oc1ccccc1C2. The lowest BCUT2D eigenvalue weighted by atomic mass is 9.91. The Morgan fingerprint density at radius 3 is 2.77 bits per heavy atom. The van der Waals surface area contributed by atoms with E-state index in [-0.39, 0.29) is 12.5 Å². The predicted octanol–water partition coefficient (Wildman–Crippen LogP) is 2.82. The lowest BCUT2D eigenvalue weighted by Crippen LogP contribution is -2.28. The molecule has 1 aliphatic heterocycles. The Morgan fingerprint density at radius 1 is 1.31 bits per heavy atom. The number of aryl methyl sites for hydroxylation is 1. The molecule has 6 heteroatoms. The second kappa shape index (κ2) is 7.15. The molecular weight excluding hydrogens is 332 g/mol. The van der Waals surface area contributed by atoms with Crippen molar-refractivity contribution in [1.29, 1.82) is 0 Å². The number of carbonyl (C=O) groups is 2. The van der Waals surface area contributed by atoms with Crippen LogP contribution in [0.1, 0.15) is 35.2 Å². The van der Waals surface area contributed by atoms with Crippen LogP contribution in [0.2, 0.25) is 0 Å². The molecule has 0 radical (unpaired) electrons. The van der Waals surface area contributed by atoms with E-state index in [2.05, 4.69) is 4.98 Å². The maximum atomic E-state index is 12.5. The van der Waals surface area contributed by atoms with Crippen molar-refractivity contribution in [2.45, 2.75) is 26.2 Å². The van der Waals surface area contributed by atoms with Gasteiger partial charge in [0.2, 0.25) is 5.88 Å². The van der Waals surface area contributed by atoms with Crippen LogP contribution in [-0.4, -0.2) is 42.5 Å². The number of benzene rings is 1. The van der Waals surface area contributed by atoms with Crippen molar-refractivity contribution in [1.82, 2.24) is 9.88 Å². The molecule has 1 unspecified atom stereocenters. The normalized spacial score (nSPS) is 13.1. The summed E-state index contributed by atoms with van der Waals surface area (Å²) in [7, 11) is 3.24. The van der Waals surface area contributed by atoms with Crippen LogP contribution in [0.3, 0.4) is 0 Å². The van der Waals surface area contributed by atoms with Crippen molar-refractivity contribution in [2.75, 3.05) is 20.7 Å². The van der Waals surface area contributed by atoms with E-state index >= 15 is 0 Å². The lowest BCUT2D eigenvalue weighted by Gasteiger charge is -2.24. The third-order valence-corrected chi connectivity index (χ3v) is 4.45. The van der Waals surface area contributed by atoms with Gasteiger partial charge in [-0.2, -0.15) is 0 Å². The van der Waals surface area contributed by atoms with Gasteiger partial charge in [0.1, 0.15) is 5.75 Å². The highest BCUT2D eigenvalue weighted by Crippen LogP contribution is 2.39. The third kappa shape index (κ3) is 3.54. The Labute approximate surface area is 152 Å². The zero-order valence-corrected chi connectivity index (χ0v) is 15.4. The van der Waals surface area contributed by atoms with Crippen molar-refractivity contribution >= 4 is 11.9 Å². The molecule has 1 atom stereocenters. The molecule has 3 rings (SSSR count). The first-order valence-electron chi connectivity index (χ1n) is 8.49. The Kier molecular flexibility index (Phi) is 4.93. The number of esters is 1. The monoisotopic (exact) mass is 354 g/mol. The van der Waals surface area contributed by atoms with Crippen LogP contribution in [0.5, 0.6) is 11.6 Å². The molecule has 136 valence electrons. The fraction of sp³-hybridized carbons (Fsp3) is 0.350. The summed E-state index contributed by atoms with van der Waals surface area (Å²) in [5, 5.41) is 0. The van der Waals surface area contributed by atoms with Crippen LogP contribution < -0.4 is 4.74 Å². The fourth-order valence-electron chi connectivity index (χ4n) is 2.90. The Morgan fingerprint density at radius 2 is 2.04 bits per heavy atom. The average molecular weight is 354 g/mol. The molecule has 1 aromatic carbocycles. The van der Waals surface area contributed by atoms with Gasteiger partial charge in [0.25, 0.3) is 5.91 Å². The van der Waals surface area contributed by atoms with Crippen LogP contribution in [0, 0.1) is 6.92 Å². The minimum absolute atomic E-state index is 0.254. The van der Waals surface area contributed by atoms with Gasteiger partial charge in [0.05, 0.1) is 5.92 Å². The quantitative estimate of drug-likeness (QED) is 0.674. The number of hydrogen-bond donors (Lipinski definition) is 0. The van der Waals surface area contributed by atoms with Crippen LogP contribution in [0.15, 0.2) is 30.3 Å². The lowest BCUT2D eigenvalue weighted by molar-refractivity contribution is -0.152. The minimum Gasteiger partial charge on any atom is -0.455 e. The number of fused-ring (bicyclic) bond motifs is 2. The smallest absolute Gasteiger partial charge is 0.313 e. The van der Waals surface area contributed by atoms with Gasteiger partial charge >= 0.3 is 5.97 Å². The molecule has 2 aromatic rings. The van der Waals surface area contributed by atoms with Gasteiger partial charge in [-0.25, -0.2) is 4.98 Å². The van der Waals surface area contributed by atoms with Crippen LogP contribution >= 0.6 is 0 Å². The molecule has 0 saturated heterocycles. The first kappa shape index (κ1) is 17.9. The maximum absolute atomic E-state index is 12.5. The highest BCUT2D eigenvalue weighted by Gasteiger charge is 2.27. The van der Waals surface area contributed by atoms with Crippen LogP contribution in [0.4, 0.5) is 0 Å². The molecule has 6 nitrogen and oxygen atoms in total. The number of hydrogen-bond acceptors (Lipinski definition) is 5. The first-order chi connectivity index (χ1) is 12.4. The average Bonchev–Trinajstić information content (AvgIpc) is 2.62. The Bertz CT molecular complexity index is 861. The van der Waals surface area contributed by atoms with Crippen LogP contribution in [-0.2, 0) is 20.7 Å². The van der Waals surface area contributed by atoms with E-state index in [0.717, 1.165) is 28.1 Å². The maximum Gasteiger partial charge on any atom is 0.313 e. The molecule has 0 N–H and O–H groups in total. The molecule has 0 bridgehead atoms. The van der Waals surface area contributed by atoms with Gasteiger partial charge in [-0.3, -0.25) is 9.59 Å². The number of likely N-dealkylation sites (N-methyl/N-ethyl adjacent to an activating group) is 1. The second-order valence-electron chi connectivity index (χ2n) is 6.64. The summed E-state index contributed by atoms with van der Waals surface area (Å²) < 4.78 is 11.1. The molecule has 0 saturated carbocycles. The van der Waals surface area contributed by atoms with Crippen molar-refractivity contribution in [2.24, 2.45) is 0 Å². The number of para-hydroxylation sites is 1. The molecule has 1 aliphatic rings. The zero-order valence-electron chi connectivity index (χ0n) is 15.4. The van der Waals surface area contributed by atoms with Gasteiger partial charge in [0.15, 0.2) is 6.61 Å². The molecule has 1 aromatic heterocycles. The number of rotatable bonds is 4. The molecule has 0 fully saturated rings. The van der Waals surface area contributed by atoms with E-state index in [4.69, 9.17) is 9.47 Å². The summed E-state index contributed by atoms with van der Waals surface area (Å²) in [5.41, 5.74) is 3.53. The van der Waals surface area contributed by atoms with E-state index < -0.39 is 11.9 Å². The molecule has 2 heterocycles. The molecule has 0 spiro atoms. The summed E-state index contributed by atoms with van der Waals surface area (Å²) in [5.74, 6) is 0.107. The molecule has 1 amide bonds. The summed E-state index contributed by atoms with van der Waals surface area (Å²) in [4.78, 5) is 30.0. The van der Waals surface area contributed by atoms with Crippen molar-refractivity contribution < 1.29 is 19.1 Å². The third-order valence-electron chi connectivity index (χ3n) is 4.45. The number of ether oxygens (including phenoxy) is 2. The van der Waals surface area contributed by atoms with Gasteiger partial charge in [-0.1, -0.05) is 18.2 Å². The van der Waals surface area contributed by atoms with E-state index in [0.29, 0.717) is 12.3 Å². The largest absolute Gasteiger partial charge is 0.455 e. The van der Waals surface area contributed by atoms with Gasteiger partial charge < -0.3 is 14.4 Å². The topological polar surface area (TPSA) is 68.7 Å². The van der Waals surface area contributed by atoms with E-state index in [1.807, 2.05) is 37.3 Å². The number of pyridine rings is 1. The number of amides is 1. The Balaban J connectivity index is 1.86. The van der Waals surface area contributed by atoms with E-state index in [1.165, 1.54) is 4.90 Å². The Hall–Kier alpha value is -2.89. The fourth-order valence-corrected chi connectivity index (χ4v) is 2.90. The summed E-state index contributed by atoms with van der Waals surface area (Å²) in [6, 6.07) is 9.67. The van der Waals surface area contributed by atoms with Gasteiger partial charge in [-0.05, 0) is 37.1 Å². The number of carbonyl (C=O) groups excluding carboxylic acids is 2. The standard InChI is InChI=1S/C20H22N2O4/c1-12-9-15(13(2)20(24)25-11-18(23)22(3)4)16-10-14-7-5-6-8-17(14)26-19(16)21-12/h5-9,13H,10-11H2,1-4H3. The molecular formula is C20H22N2O4. The van der Waals surface area contributed by atoms with Gasteiger partial charge in [0, 0.05) is 31.8 Å². The zero-order chi connectivity index (χ0) is 18.8. The number of aromatic nitrogens is 1. The molecule has 26 heavy (non-hydrogen) atoms. The molecule has 0 aliphatic carbocycles. The van der Waals surface area contributed by atoms with Crippen molar-refractivity contribution in [3.63, 3.8) is 0 Å². The predicted molar refractivity (Wildman–Crippen MR) is 96.4 cm³/mol. The van der Waals surface area contributed by atoms with E-state index in [1.54, 1.807) is 21.0 Å². The highest BCUT2D eigenvalue weighted by atomic mass is 16.5. The van der Waals surface area contributed by atoms with Crippen molar-refractivity contribution in [3.05, 3.63) is 52.7 Å². The van der Waals surface area contributed by atoms with Crippen molar-refractivity contribution in [3.8, 4) is 11.6 Å². The summed E-state index contributed by atoms with van der Waals surface area (Å²) in [6.07, 6.45) is 0.641. The summed E-state index contributed by atoms with van der Waals surface area (Å²) in [6.45, 7) is 3.38. The summed E-state index contributed by atoms with van der Waals surface area (Å²) >= 11 is 0.